The summed E-state index contributed by atoms with van der Waals surface area (Å²) in [6.45, 7) is 12.9. The number of esters is 1. The number of carbonyl (C=O) groups excluding carboxylic acids is 1. The molecule has 47 heavy (non-hydrogen) atoms. The molecule has 0 fully saturated rings. The quantitative estimate of drug-likeness (QED) is 0.142. The van der Waals surface area contributed by atoms with Crippen LogP contribution in [0.5, 0.6) is 0 Å². The minimum atomic E-state index is -4.59. The molecule has 4 nitrogen and oxygen atoms in total. The van der Waals surface area contributed by atoms with Crippen LogP contribution in [-0.2, 0) is 17.1 Å². The van der Waals surface area contributed by atoms with Crippen molar-refractivity contribution in [3.63, 3.8) is 0 Å². The molecule has 0 saturated carbocycles. The third-order valence-electron chi connectivity index (χ3n) is 7.18. The first-order chi connectivity index (χ1) is 21.8. The zero-order chi connectivity index (χ0) is 35.3. The van der Waals surface area contributed by atoms with Gasteiger partial charge in [-0.2, -0.15) is 26.3 Å². The van der Waals surface area contributed by atoms with Gasteiger partial charge in [0.15, 0.2) is 0 Å². The van der Waals surface area contributed by atoms with E-state index in [1.165, 1.54) is 44.5 Å². The van der Waals surface area contributed by atoms with E-state index in [9.17, 15) is 31.1 Å². The minimum absolute atomic E-state index is 0.0194. The standard InChI is InChI=1S/C18H18F3NO2S.C17H18F3NS/c1-10(2)12-5-7-13(8-6-12)25-15-11(3)16(18(19,20)21)22-9-14(15)17(23)24-4;1-10(2)13-5-7-14(8-6-13)22-15-11(3)9-21-16(12(15)4)17(18,19)20/h5-10H,1-4H3;5-10H,1-4H3. The molecule has 0 saturated heterocycles. The number of aryl methyl sites for hydroxylation is 1. The maximum atomic E-state index is 13.1. The van der Waals surface area contributed by atoms with E-state index in [2.05, 4.69) is 42.4 Å². The summed E-state index contributed by atoms with van der Waals surface area (Å²) in [5, 5.41) is 0. The van der Waals surface area contributed by atoms with Crippen LogP contribution in [0.4, 0.5) is 26.3 Å². The Balaban J connectivity index is 0.000000257. The molecule has 0 radical (unpaired) electrons. The first kappa shape index (κ1) is 37.9. The maximum Gasteiger partial charge on any atom is 0.433 e. The van der Waals surface area contributed by atoms with Crippen LogP contribution in [0.2, 0.25) is 0 Å². The second kappa shape index (κ2) is 15.6. The zero-order valence-corrected chi connectivity index (χ0v) is 28.9. The van der Waals surface area contributed by atoms with Crippen LogP contribution in [0.25, 0.3) is 0 Å². The third-order valence-corrected chi connectivity index (χ3v) is 9.76. The number of methoxy groups -OCH3 is 1. The van der Waals surface area contributed by atoms with Gasteiger partial charge in [-0.3, -0.25) is 9.97 Å². The first-order valence-corrected chi connectivity index (χ1v) is 16.2. The molecule has 12 heteroatoms. The number of nitrogens with zero attached hydrogens (tertiary/aromatic N) is 2. The van der Waals surface area contributed by atoms with Crippen LogP contribution in [0.1, 0.15) is 89.1 Å². The zero-order valence-electron chi connectivity index (χ0n) is 27.2. The predicted molar refractivity (Wildman–Crippen MR) is 173 cm³/mol. The molecule has 0 aliphatic rings. The fraction of sp³-hybridized carbons (Fsp3) is 0.343. The van der Waals surface area contributed by atoms with E-state index < -0.39 is 29.7 Å². The summed E-state index contributed by atoms with van der Waals surface area (Å²) in [5.41, 5.74) is 1.40. The van der Waals surface area contributed by atoms with E-state index in [1.807, 2.05) is 48.5 Å². The molecule has 252 valence electrons. The van der Waals surface area contributed by atoms with E-state index in [0.717, 1.165) is 38.9 Å². The number of ether oxygens (including phenoxy) is 1. The normalized spacial score (nSPS) is 11.8. The number of carbonyl (C=O) groups is 1. The molecule has 2 heterocycles. The molecular weight excluding hydrogens is 659 g/mol. The van der Waals surface area contributed by atoms with Crippen molar-refractivity contribution in [2.24, 2.45) is 0 Å². The van der Waals surface area contributed by atoms with Gasteiger partial charge in [-0.05, 0) is 84.7 Å². The summed E-state index contributed by atoms with van der Waals surface area (Å²) < 4.78 is 83.0. The lowest BCUT2D eigenvalue weighted by atomic mass is 10.0. The van der Waals surface area contributed by atoms with Gasteiger partial charge in [0.1, 0.15) is 11.4 Å². The number of hydrogen-bond acceptors (Lipinski definition) is 6. The van der Waals surface area contributed by atoms with Crippen molar-refractivity contribution in [2.45, 2.75) is 92.2 Å². The molecule has 0 aliphatic heterocycles. The molecule has 2 aromatic carbocycles. The van der Waals surface area contributed by atoms with E-state index in [0.29, 0.717) is 16.7 Å². The lowest BCUT2D eigenvalue weighted by Gasteiger charge is -2.16. The van der Waals surface area contributed by atoms with E-state index >= 15 is 0 Å². The van der Waals surface area contributed by atoms with Crippen molar-refractivity contribution in [1.82, 2.24) is 9.97 Å². The number of alkyl halides is 6. The van der Waals surface area contributed by atoms with Crippen LogP contribution in [0.3, 0.4) is 0 Å². The number of benzene rings is 2. The lowest BCUT2D eigenvalue weighted by Crippen LogP contribution is -2.14. The summed E-state index contributed by atoms with van der Waals surface area (Å²) in [6, 6.07) is 15.4. The number of rotatable bonds is 7. The van der Waals surface area contributed by atoms with Gasteiger partial charge >= 0.3 is 18.3 Å². The number of halogens is 6. The minimum Gasteiger partial charge on any atom is -0.465 e. The highest BCUT2D eigenvalue weighted by molar-refractivity contribution is 7.99. The van der Waals surface area contributed by atoms with Gasteiger partial charge in [0.25, 0.3) is 0 Å². The van der Waals surface area contributed by atoms with Gasteiger partial charge < -0.3 is 4.74 Å². The van der Waals surface area contributed by atoms with Gasteiger partial charge in [-0.15, -0.1) is 0 Å². The van der Waals surface area contributed by atoms with Crippen molar-refractivity contribution >= 4 is 29.5 Å². The van der Waals surface area contributed by atoms with Crippen LogP contribution in [-0.4, -0.2) is 23.0 Å². The maximum absolute atomic E-state index is 13.1. The Morgan fingerprint density at radius 1 is 0.660 bits per heavy atom. The monoisotopic (exact) mass is 694 g/mol. The molecule has 0 atom stereocenters. The smallest absolute Gasteiger partial charge is 0.433 e. The molecule has 4 rings (SSSR count). The second-order valence-corrected chi connectivity index (χ2v) is 13.5. The molecule has 2 aromatic heterocycles. The van der Waals surface area contributed by atoms with Crippen LogP contribution >= 0.6 is 23.5 Å². The Bertz CT molecular complexity index is 1690. The van der Waals surface area contributed by atoms with Gasteiger partial charge in [-0.25, -0.2) is 4.79 Å². The average molecular weight is 695 g/mol. The van der Waals surface area contributed by atoms with Crippen molar-refractivity contribution < 1.29 is 35.9 Å². The Labute approximate surface area is 279 Å². The average Bonchev–Trinajstić information content (AvgIpc) is 2.99. The van der Waals surface area contributed by atoms with Crippen molar-refractivity contribution in [2.75, 3.05) is 7.11 Å². The van der Waals surface area contributed by atoms with Crippen molar-refractivity contribution in [3.05, 3.63) is 106 Å². The van der Waals surface area contributed by atoms with Crippen LogP contribution in [0, 0.1) is 20.8 Å². The van der Waals surface area contributed by atoms with Gasteiger partial charge in [0.2, 0.25) is 0 Å². The highest BCUT2D eigenvalue weighted by Crippen LogP contribution is 2.40. The van der Waals surface area contributed by atoms with Crippen molar-refractivity contribution in [3.8, 4) is 0 Å². The molecule has 0 amide bonds. The molecule has 0 spiro atoms. The summed E-state index contributed by atoms with van der Waals surface area (Å²) in [6.07, 6.45) is -6.79. The molecule has 0 aliphatic carbocycles. The molecule has 0 bridgehead atoms. The Kier molecular flexibility index (Phi) is 12.6. The second-order valence-electron chi connectivity index (χ2n) is 11.4. The highest BCUT2D eigenvalue weighted by atomic mass is 32.2. The van der Waals surface area contributed by atoms with E-state index in [1.54, 1.807) is 6.92 Å². The Morgan fingerprint density at radius 3 is 1.43 bits per heavy atom. The highest BCUT2D eigenvalue weighted by Gasteiger charge is 2.37. The predicted octanol–water partition coefficient (Wildman–Crippen LogP) is 11.5. The number of hydrogen-bond donors (Lipinski definition) is 0. The van der Waals surface area contributed by atoms with Gasteiger partial charge in [0.05, 0.1) is 12.7 Å². The van der Waals surface area contributed by atoms with Crippen LogP contribution < -0.4 is 0 Å². The first-order valence-electron chi connectivity index (χ1n) is 14.6. The van der Waals surface area contributed by atoms with Crippen molar-refractivity contribution in [1.29, 1.82) is 0 Å². The third kappa shape index (κ3) is 9.76. The molecule has 4 aromatic rings. The van der Waals surface area contributed by atoms with E-state index in [-0.39, 0.29) is 21.6 Å². The fourth-order valence-electron chi connectivity index (χ4n) is 4.51. The SMILES string of the molecule is COC(=O)c1cnc(C(F)(F)F)c(C)c1Sc1ccc(C(C)C)cc1.Cc1cnc(C(F)(F)F)c(C)c1Sc1ccc(C(C)C)cc1. The summed E-state index contributed by atoms with van der Waals surface area (Å²) in [4.78, 5) is 21.4. The van der Waals surface area contributed by atoms with E-state index in [4.69, 9.17) is 0 Å². The Morgan fingerprint density at radius 2 is 1.04 bits per heavy atom. The largest absolute Gasteiger partial charge is 0.465 e. The van der Waals surface area contributed by atoms with Crippen LogP contribution in [0.15, 0.2) is 80.5 Å². The number of pyridine rings is 2. The topological polar surface area (TPSA) is 52.1 Å². The Hall–Kier alpha value is -3.51. The molecule has 0 N–H and O–H groups in total. The summed E-state index contributed by atoms with van der Waals surface area (Å²) in [5.74, 6) is 0.0649. The van der Waals surface area contributed by atoms with Gasteiger partial charge in [0, 0.05) is 32.0 Å². The molecule has 0 unspecified atom stereocenters. The molecular formula is C35H36F6N2O2S2. The number of aromatic nitrogens is 2. The fourth-order valence-corrected chi connectivity index (χ4v) is 6.48. The summed E-state index contributed by atoms with van der Waals surface area (Å²) in [7, 11) is 1.18. The summed E-state index contributed by atoms with van der Waals surface area (Å²) >= 11 is 2.45. The van der Waals surface area contributed by atoms with Gasteiger partial charge in [-0.1, -0.05) is 75.5 Å². The lowest BCUT2D eigenvalue weighted by molar-refractivity contribution is -0.142.